The lowest BCUT2D eigenvalue weighted by atomic mass is 9.98. The Morgan fingerprint density at radius 1 is 1.05 bits per heavy atom. The lowest BCUT2D eigenvalue weighted by Crippen LogP contribution is -2.48. The van der Waals surface area contributed by atoms with Gasteiger partial charge in [0.15, 0.2) is 0 Å². The second kappa shape index (κ2) is 5.61. The summed E-state index contributed by atoms with van der Waals surface area (Å²) >= 11 is 0. The van der Waals surface area contributed by atoms with Gasteiger partial charge in [0.25, 0.3) is 0 Å². The maximum Gasteiger partial charge on any atom is 0.330 e. The number of hydrogen-bond donors (Lipinski definition) is 0. The van der Waals surface area contributed by atoms with Crippen molar-refractivity contribution in [3.05, 3.63) is 30.3 Å². The van der Waals surface area contributed by atoms with Crippen LogP contribution in [-0.4, -0.2) is 37.2 Å². The highest BCUT2D eigenvalue weighted by Gasteiger charge is 2.27. The minimum absolute atomic E-state index is 0.166. The third kappa shape index (κ3) is 3.70. The summed E-state index contributed by atoms with van der Waals surface area (Å²) in [4.78, 5) is 19.5. The van der Waals surface area contributed by atoms with Crippen molar-refractivity contribution in [3.8, 4) is 0 Å². The topological polar surface area (TPSA) is 32.8 Å². The van der Waals surface area contributed by atoms with Gasteiger partial charge in [-0.05, 0) is 32.9 Å². The molecule has 1 aromatic rings. The third-order valence-electron chi connectivity index (χ3n) is 3.18. The van der Waals surface area contributed by atoms with Crippen molar-refractivity contribution in [3.63, 3.8) is 0 Å². The van der Waals surface area contributed by atoms with Crippen LogP contribution in [0, 0.1) is 5.41 Å². The molecule has 0 unspecified atom stereocenters. The maximum absolute atomic E-state index is 11.8. The Morgan fingerprint density at radius 2 is 1.63 bits per heavy atom. The van der Waals surface area contributed by atoms with E-state index in [-0.39, 0.29) is 5.97 Å². The number of anilines is 1. The molecule has 0 amide bonds. The summed E-state index contributed by atoms with van der Waals surface area (Å²) in [5, 5.41) is 1.77. The van der Waals surface area contributed by atoms with Crippen LogP contribution in [0.3, 0.4) is 0 Å². The van der Waals surface area contributed by atoms with Crippen LogP contribution >= 0.6 is 0 Å². The first-order valence-electron chi connectivity index (χ1n) is 6.74. The number of para-hydroxylation sites is 1. The lowest BCUT2D eigenvalue weighted by Gasteiger charge is -2.35. The molecule has 1 aliphatic heterocycles. The van der Waals surface area contributed by atoms with Gasteiger partial charge < -0.3 is 9.74 Å². The fraction of sp³-hybridized carbons (Fsp3) is 0.533. The smallest absolute Gasteiger partial charge is 0.330 e. The molecule has 0 spiro atoms. The molecule has 1 aliphatic rings. The largest absolute Gasteiger partial charge is 0.369 e. The molecule has 1 heterocycles. The average molecular weight is 262 g/mol. The van der Waals surface area contributed by atoms with Crippen molar-refractivity contribution in [2.24, 2.45) is 5.41 Å². The zero-order valence-corrected chi connectivity index (χ0v) is 11.9. The predicted molar refractivity (Wildman–Crippen MR) is 75.8 cm³/mol. The summed E-state index contributed by atoms with van der Waals surface area (Å²) < 4.78 is 0. The Kier molecular flexibility index (Phi) is 4.10. The summed E-state index contributed by atoms with van der Waals surface area (Å²) in [6, 6.07) is 10.3. The molecular formula is C15H22N2O2. The first-order valence-corrected chi connectivity index (χ1v) is 6.74. The highest BCUT2D eigenvalue weighted by atomic mass is 16.7. The van der Waals surface area contributed by atoms with E-state index in [1.165, 1.54) is 5.69 Å². The molecule has 4 heteroatoms. The van der Waals surface area contributed by atoms with Crippen molar-refractivity contribution in [1.82, 2.24) is 5.06 Å². The summed E-state index contributed by atoms with van der Waals surface area (Å²) in [5.41, 5.74) is 0.778. The first kappa shape index (κ1) is 13.9. The van der Waals surface area contributed by atoms with Gasteiger partial charge in [0, 0.05) is 18.8 Å². The molecular weight excluding hydrogens is 240 g/mol. The Balaban J connectivity index is 1.85. The van der Waals surface area contributed by atoms with E-state index >= 15 is 0 Å². The molecule has 0 N–H and O–H groups in total. The fourth-order valence-corrected chi connectivity index (χ4v) is 1.93. The van der Waals surface area contributed by atoms with Crippen LogP contribution in [-0.2, 0) is 9.63 Å². The molecule has 0 radical (unpaired) electrons. The van der Waals surface area contributed by atoms with E-state index in [1.807, 2.05) is 39.0 Å². The minimum Gasteiger partial charge on any atom is -0.369 e. The first-order chi connectivity index (χ1) is 8.97. The molecule has 0 aliphatic carbocycles. The van der Waals surface area contributed by atoms with Crippen LogP contribution in [0.4, 0.5) is 5.69 Å². The molecule has 1 aromatic carbocycles. The van der Waals surface area contributed by atoms with Crippen LogP contribution in [0.5, 0.6) is 0 Å². The van der Waals surface area contributed by atoms with Gasteiger partial charge in [-0.15, -0.1) is 5.06 Å². The van der Waals surface area contributed by atoms with Gasteiger partial charge in [-0.2, -0.15) is 0 Å². The van der Waals surface area contributed by atoms with Crippen molar-refractivity contribution in [2.75, 3.05) is 31.1 Å². The number of hydroxylamine groups is 2. The number of benzene rings is 1. The molecule has 0 atom stereocenters. The van der Waals surface area contributed by atoms with Crippen LogP contribution in [0.1, 0.15) is 20.8 Å². The molecule has 2 rings (SSSR count). The molecule has 0 aromatic heterocycles. The number of carbonyl (C=O) groups excluding carboxylic acids is 1. The van der Waals surface area contributed by atoms with Crippen molar-refractivity contribution in [1.29, 1.82) is 0 Å². The average Bonchev–Trinajstić information content (AvgIpc) is 2.39. The molecule has 1 fully saturated rings. The molecule has 1 saturated heterocycles. The monoisotopic (exact) mass is 262 g/mol. The van der Waals surface area contributed by atoms with Gasteiger partial charge in [0.05, 0.1) is 18.5 Å². The second-order valence-electron chi connectivity index (χ2n) is 5.88. The normalized spacial score (nSPS) is 17.3. The van der Waals surface area contributed by atoms with E-state index in [0.717, 1.165) is 26.2 Å². The minimum atomic E-state index is -0.448. The highest BCUT2D eigenvalue weighted by molar-refractivity contribution is 5.75. The number of nitrogens with zero attached hydrogens (tertiary/aromatic N) is 2. The number of piperazine rings is 1. The second-order valence-corrected chi connectivity index (χ2v) is 5.88. The van der Waals surface area contributed by atoms with Gasteiger partial charge in [-0.25, -0.2) is 4.79 Å². The van der Waals surface area contributed by atoms with Gasteiger partial charge in [-0.1, -0.05) is 18.2 Å². The summed E-state index contributed by atoms with van der Waals surface area (Å²) in [7, 11) is 0. The standard InChI is InChI=1S/C15H22N2O2/c1-15(2,3)14(18)19-17-11-9-16(10-12-17)13-7-5-4-6-8-13/h4-8H,9-12H2,1-3H3. The highest BCUT2D eigenvalue weighted by Crippen LogP contribution is 2.19. The zero-order chi connectivity index (χ0) is 13.9. The van der Waals surface area contributed by atoms with E-state index in [0.29, 0.717) is 0 Å². The van der Waals surface area contributed by atoms with Gasteiger partial charge in [0.2, 0.25) is 0 Å². The van der Waals surface area contributed by atoms with Crippen LogP contribution in [0.2, 0.25) is 0 Å². The summed E-state index contributed by atoms with van der Waals surface area (Å²) in [5.74, 6) is -0.166. The van der Waals surface area contributed by atoms with Gasteiger partial charge in [0.1, 0.15) is 0 Å². The van der Waals surface area contributed by atoms with Crippen molar-refractivity contribution < 1.29 is 9.63 Å². The van der Waals surface area contributed by atoms with E-state index in [9.17, 15) is 4.79 Å². The van der Waals surface area contributed by atoms with Crippen LogP contribution < -0.4 is 4.90 Å². The Morgan fingerprint density at radius 3 is 2.16 bits per heavy atom. The van der Waals surface area contributed by atoms with Crippen molar-refractivity contribution >= 4 is 11.7 Å². The van der Waals surface area contributed by atoms with Crippen molar-refractivity contribution in [2.45, 2.75) is 20.8 Å². The summed E-state index contributed by atoms with van der Waals surface area (Å²) in [6.07, 6.45) is 0. The van der Waals surface area contributed by atoms with E-state index in [4.69, 9.17) is 4.84 Å². The van der Waals surface area contributed by atoms with Crippen LogP contribution in [0.25, 0.3) is 0 Å². The maximum atomic E-state index is 11.8. The number of carbonyl (C=O) groups is 1. The van der Waals surface area contributed by atoms with Gasteiger partial charge >= 0.3 is 5.97 Å². The van der Waals surface area contributed by atoms with Crippen LogP contribution in [0.15, 0.2) is 30.3 Å². The zero-order valence-electron chi connectivity index (χ0n) is 11.9. The number of rotatable bonds is 2. The third-order valence-corrected chi connectivity index (χ3v) is 3.18. The molecule has 19 heavy (non-hydrogen) atoms. The predicted octanol–water partition coefficient (Wildman–Crippen LogP) is 2.31. The van der Waals surface area contributed by atoms with Gasteiger partial charge in [-0.3, -0.25) is 0 Å². The van der Waals surface area contributed by atoms with E-state index < -0.39 is 5.41 Å². The lowest BCUT2D eigenvalue weighted by molar-refractivity contribution is -0.201. The fourth-order valence-electron chi connectivity index (χ4n) is 1.93. The molecule has 0 bridgehead atoms. The quantitative estimate of drug-likeness (QED) is 0.819. The molecule has 4 nitrogen and oxygen atoms in total. The SMILES string of the molecule is CC(C)(C)C(=O)ON1CCN(c2ccccc2)CC1. The summed E-state index contributed by atoms with van der Waals surface area (Å²) in [6.45, 7) is 8.86. The van der Waals surface area contributed by atoms with E-state index in [2.05, 4.69) is 17.0 Å². The number of hydrogen-bond acceptors (Lipinski definition) is 4. The Bertz CT molecular complexity index is 418. The Labute approximate surface area is 114 Å². The Hall–Kier alpha value is -1.55. The van der Waals surface area contributed by atoms with E-state index in [1.54, 1.807) is 5.06 Å². The molecule has 0 saturated carbocycles. The molecule has 104 valence electrons.